The van der Waals surface area contributed by atoms with Crippen LogP contribution in [0.2, 0.25) is 0 Å². The molecule has 1 rings (SSSR count). The van der Waals surface area contributed by atoms with Crippen molar-refractivity contribution in [2.45, 2.75) is 72.6 Å². The second-order valence-electron chi connectivity index (χ2n) is 6.74. The van der Waals surface area contributed by atoms with Crippen LogP contribution in [0, 0.1) is 23.7 Å². The van der Waals surface area contributed by atoms with Gasteiger partial charge in [0.25, 0.3) is 0 Å². The van der Waals surface area contributed by atoms with Crippen molar-refractivity contribution in [1.82, 2.24) is 5.32 Å². The van der Waals surface area contributed by atoms with E-state index in [0.717, 1.165) is 30.2 Å². The Balaban J connectivity index is 2.38. The van der Waals surface area contributed by atoms with E-state index in [9.17, 15) is 0 Å². The molecule has 0 bridgehead atoms. The van der Waals surface area contributed by atoms with E-state index in [2.05, 4.69) is 33.0 Å². The first-order chi connectivity index (χ1) is 8.67. The molecule has 0 aromatic carbocycles. The average Bonchev–Trinajstić information content (AvgIpc) is 2.36. The summed E-state index contributed by atoms with van der Waals surface area (Å²) in [6.07, 6.45) is 10.2. The fourth-order valence-corrected chi connectivity index (χ4v) is 3.54. The van der Waals surface area contributed by atoms with E-state index in [0.29, 0.717) is 0 Å². The van der Waals surface area contributed by atoms with Crippen LogP contribution in [0.4, 0.5) is 0 Å². The molecule has 0 radical (unpaired) electrons. The molecule has 3 atom stereocenters. The standard InChI is InChI=1S/C17H35N/c1-5-15-10-11-17(13-18-6-2)16(12-15)9-7-8-14(3)4/h14-18H,5-13H2,1-4H3. The van der Waals surface area contributed by atoms with Gasteiger partial charge in [-0.1, -0.05) is 59.8 Å². The van der Waals surface area contributed by atoms with Crippen LogP contribution in [0.5, 0.6) is 0 Å². The van der Waals surface area contributed by atoms with E-state index in [1.54, 1.807) is 0 Å². The first-order valence-electron chi connectivity index (χ1n) is 8.38. The van der Waals surface area contributed by atoms with Crippen LogP contribution in [0.3, 0.4) is 0 Å². The minimum atomic E-state index is 0.878. The first kappa shape index (κ1) is 16.0. The Kier molecular flexibility index (Phi) is 7.97. The van der Waals surface area contributed by atoms with Gasteiger partial charge in [-0.05, 0) is 49.6 Å². The van der Waals surface area contributed by atoms with Gasteiger partial charge in [0, 0.05) is 0 Å². The van der Waals surface area contributed by atoms with E-state index in [-0.39, 0.29) is 0 Å². The van der Waals surface area contributed by atoms with Crippen molar-refractivity contribution < 1.29 is 0 Å². The van der Waals surface area contributed by atoms with Crippen molar-refractivity contribution in [3.63, 3.8) is 0 Å². The monoisotopic (exact) mass is 253 g/mol. The molecule has 0 aromatic rings. The third kappa shape index (κ3) is 5.73. The molecular weight excluding hydrogens is 218 g/mol. The van der Waals surface area contributed by atoms with Crippen LogP contribution < -0.4 is 5.32 Å². The lowest BCUT2D eigenvalue weighted by Crippen LogP contribution is -2.33. The highest BCUT2D eigenvalue weighted by atomic mass is 14.8. The Hall–Kier alpha value is -0.0400. The molecule has 0 heterocycles. The molecule has 1 nitrogen and oxygen atoms in total. The van der Waals surface area contributed by atoms with E-state index in [1.165, 1.54) is 51.5 Å². The molecule has 0 amide bonds. The second kappa shape index (κ2) is 8.96. The third-order valence-electron chi connectivity index (χ3n) is 4.84. The highest BCUT2D eigenvalue weighted by Gasteiger charge is 2.28. The fraction of sp³-hybridized carbons (Fsp3) is 1.00. The van der Waals surface area contributed by atoms with Crippen LogP contribution in [0.15, 0.2) is 0 Å². The lowest BCUT2D eigenvalue weighted by molar-refractivity contribution is 0.159. The summed E-state index contributed by atoms with van der Waals surface area (Å²) in [7, 11) is 0. The van der Waals surface area contributed by atoms with Gasteiger partial charge in [-0.25, -0.2) is 0 Å². The SMILES string of the molecule is CCNCC1CCC(CC)CC1CCCC(C)C. The van der Waals surface area contributed by atoms with E-state index < -0.39 is 0 Å². The molecule has 0 aromatic heterocycles. The predicted octanol–water partition coefficient (Wildman–Crippen LogP) is 4.86. The van der Waals surface area contributed by atoms with E-state index in [4.69, 9.17) is 0 Å². The van der Waals surface area contributed by atoms with Gasteiger partial charge in [0.2, 0.25) is 0 Å². The lowest BCUT2D eigenvalue weighted by Gasteiger charge is -2.36. The van der Waals surface area contributed by atoms with Crippen molar-refractivity contribution in [2.75, 3.05) is 13.1 Å². The molecule has 18 heavy (non-hydrogen) atoms. The van der Waals surface area contributed by atoms with Crippen molar-refractivity contribution >= 4 is 0 Å². The Morgan fingerprint density at radius 2 is 1.89 bits per heavy atom. The molecule has 1 fully saturated rings. The Morgan fingerprint density at radius 1 is 1.11 bits per heavy atom. The summed E-state index contributed by atoms with van der Waals surface area (Å²) in [6.45, 7) is 11.7. The second-order valence-corrected chi connectivity index (χ2v) is 6.74. The van der Waals surface area contributed by atoms with Crippen LogP contribution in [0.25, 0.3) is 0 Å². The molecule has 0 saturated heterocycles. The van der Waals surface area contributed by atoms with Gasteiger partial charge in [-0.3, -0.25) is 0 Å². The van der Waals surface area contributed by atoms with E-state index >= 15 is 0 Å². The third-order valence-corrected chi connectivity index (χ3v) is 4.84. The summed E-state index contributed by atoms with van der Waals surface area (Å²) in [5.74, 6) is 3.86. The van der Waals surface area contributed by atoms with Crippen LogP contribution in [-0.4, -0.2) is 13.1 Å². The predicted molar refractivity (Wildman–Crippen MR) is 81.8 cm³/mol. The fourth-order valence-electron chi connectivity index (χ4n) is 3.54. The zero-order valence-electron chi connectivity index (χ0n) is 13.2. The maximum absolute atomic E-state index is 3.58. The zero-order valence-corrected chi connectivity index (χ0v) is 13.2. The summed E-state index contributed by atoms with van der Waals surface area (Å²) < 4.78 is 0. The maximum Gasteiger partial charge on any atom is -0.00180 e. The van der Waals surface area contributed by atoms with Crippen LogP contribution in [-0.2, 0) is 0 Å². The highest BCUT2D eigenvalue weighted by molar-refractivity contribution is 4.81. The summed E-state index contributed by atoms with van der Waals surface area (Å²) in [5.41, 5.74) is 0. The van der Waals surface area contributed by atoms with Crippen LogP contribution >= 0.6 is 0 Å². The van der Waals surface area contributed by atoms with Crippen molar-refractivity contribution in [1.29, 1.82) is 0 Å². The van der Waals surface area contributed by atoms with E-state index in [1.807, 2.05) is 0 Å². The molecule has 1 N–H and O–H groups in total. The highest BCUT2D eigenvalue weighted by Crippen LogP contribution is 2.38. The molecule has 108 valence electrons. The van der Waals surface area contributed by atoms with Crippen molar-refractivity contribution in [3.05, 3.63) is 0 Å². The molecule has 0 spiro atoms. The summed E-state index contributed by atoms with van der Waals surface area (Å²) in [4.78, 5) is 0. The van der Waals surface area contributed by atoms with Gasteiger partial charge >= 0.3 is 0 Å². The quantitative estimate of drug-likeness (QED) is 0.651. The van der Waals surface area contributed by atoms with Gasteiger partial charge in [-0.15, -0.1) is 0 Å². The number of hydrogen-bond donors (Lipinski definition) is 1. The van der Waals surface area contributed by atoms with Gasteiger partial charge in [0.1, 0.15) is 0 Å². The van der Waals surface area contributed by atoms with Gasteiger partial charge in [0.05, 0.1) is 0 Å². The maximum atomic E-state index is 3.58. The van der Waals surface area contributed by atoms with Gasteiger partial charge in [-0.2, -0.15) is 0 Å². The zero-order chi connectivity index (χ0) is 13.4. The largest absolute Gasteiger partial charge is 0.317 e. The Labute approximate surface area is 115 Å². The van der Waals surface area contributed by atoms with Crippen molar-refractivity contribution in [3.8, 4) is 0 Å². The lowest BCUT2D eigenvalue weighted by atomic mass is 9.71. The van der Waals surface area contributed by atoms with Crippen LogP contribution in [0.1, 0.15) is 72.6 Å². The number of hydrogen-bond acceptors (Lipinski definition) is 1. The first-order valence-corrected chi connectivity index (χ1v) is 8.38. The number of rotatable bonds is 8. The molecule has 1 saturated carbocycles. The van der Waals surface area contributed by atoms with Gasteiger partial charge < -0.3 is 5.32 Å². The average molecular weight is 253 g/mol. The summed E-state index contributed by atoms with van der Waals surface area (Å²) >= 11 is 0. The minimum absolute atomic E-state index is 0.878. The van der Waals surface area contributed by atoms with Crippen molar-refractivity contribution in [2.24, 2.45) is 23.7 Å². The molecule has 1 heteroatoms. The Bertz CT molecular complexity index is 200. The minimum Gasteiger partial charge on any atom is -0.317 e. The molecule has 0 aliphatic heterocycles. The van der Waals surface area contributed by atoms with Gasteiger partial charge in [0.15, 0.2) is 0 Å². The molecule has 1 aliphatic rings. The summed E-state index contributed by atoms with van der Waals surface area (Å²) in [6, 6.07) is 0. The molecule has 3 unspecified atom stereocenters. The summed E-state index contributed by atoms with van der Waals surface area (Å²) in [5, 5.41) is 3.58. The molecule has 1 aliphatic carbocycles. The normalized spacial score (nSPS) is 28.8. The number of nitrogens with one attached hydrogen (secondary N) is 1. The topological polar surface area (TPSA) is 12.0 Å². The Morgan fingerprint density at radius 3 is 2.50 bits per heavy atom. The molecular formula is C17H35N. The smallest absolute Gasteiger partial charge is 0.00180 e.